The van der Waals surface area contributed by atoms with Crippen molar-refractivity contribution in [1.29, 1.82) is 0 Å². The van der Waals surface area contributed by atoms with E-state index in [9.17, 15) is 18.4 Å². The second kappa shape index (κ2) is 7.34. The van der Waals surface area contributed by atoms with Crippen molar-refractivity contribution in [2.45, 2.75) is 12.6 Å². The van der Waals surface area contributed by atoms with Crippen molar-refractivity contribution in [3.8, 4) is 5.75 Å². The smallest absolute Gasteiger partial charge is 0.287 e. The second-order valence-corrected chi connectivity index (χ2v) is 6.48. The summed E-state index contributed by atoms with van der Waals surface area (Å²) >= 11 is 0. The number of carbonyl (C=O) groups is 2. The van der Waals surface area contributed by atoms with Crippen LogP contribution < -0.4 is 15.4 Å². The molecule has 0 saturated carbocycles. The lowest BCUT2D eigenvalue weighted by atomic mass is 10.1. The van der Waals surface area contributed by atoms with Crippen molar-refractivity contribution < 1.29 is 23.1 Å². The van der Waals surface area contributed by atoms with Crippen molar-refractivity contribution in [2.75, 3.05) is 12.4 Å². The monoisotopic (exact) mass is 398 g/mol. The Kier molecular flexibility index (Phi) is 4.71. The van der Waals surface area contributed by atoms with Crippen LogP contribution in [0.4, 0.5) is 14.5 Å². The number of imidazole rings is 1. The third-order valence-electron chi connectivity index (χ3n) is 4.59. The van der Waals surface area contributed by atoms with E-state index in [1.54, 1.807) is 23.8 Å². The van der Waals surface area contributed by atoms with E-state index in [-0.39, 0.29) is 23.2 Å². The number of anilines is 1. The Morgan fingerprint density at radius 1 is 1.24 bits per heavy atom. The number of rotatable bonds is 4. The van der Waals surface area contributed by atoms with E-state index in [4.69, 9.17) is 4.74 Å². The van der Waals surface area contributed by atoms with Gasteiger partial charge in [-0.15, -0.1) is 0 Å². The summed E-state index contributed by atoms with van der Waals surface area (Å²) in [6.07, 6.45) is 1.43. The van der Waals surface area contributed by atoms with Crippen LogP contribution in [0.2, 0.25) is 0 Å². The average molecular weight is 398 g/mol. The minimum absolute atomic E-state index is 0.0470. The molecule has 2 N–H and O–H groups in total. The van der Waals surface area contributed by atoms with Crippen molar-refractivity contribution >= 4 is 17.5 Å². The van der Waals surface area contributed by atoms with Crippen LogP contribution in [0.25, 0.3) is 0 Å². The van der Waals surface area contributed by atoms with Gasteiger partial charge >= 0.3 is 0 Å². The lowest BCUT2D eigenvalue weighted by molar-refractivity contribution is 0.0894. The summed E-state index contributed by atoms with van der Waals surface area (Å²) in [6.45, 7) is 0.374. The molecule has 0 saturated heterocycles. The van der Waals surface area contributed by atoms with E-state index in [1.165, 1.54) is 6.20 Å². The lowest BCUT2D eigenvalue weighted by Gasteiger charge is -2.25. The molecular formula is C20H16F2N4O3. The molecule has 0 radical (unpaired) electrons. The summed E-state index contributed by atoms with van der Waals surface area (Å²) in [7, 11) is 1.57. The number of carbonyl (C=O) groups excluding carboxylic acids is 2. The van der Waals surface area contributed by atoms with Gasteiger partial charge in [-0.25, -0.2) is 13.8 Å². The number of aromatic nitrogens is 2. The van der Waals surface area contributed by atoms with E-state index < -0.39 is 23.4 Å². The van der Waals surface area contributed by atoms with Gasteiger partial charge in [-0.05, 0) is 29.8 Å². The fraction of sp³-hybridized carbons (Fsp3) is 0.150. The van der Waals surface area contributed by atoms with E-state index in [1.807, 2.05) is 12.1 Å². The summed E-state index contributed by atoms with van der Waals surface area (Å²) in [5.74, 6) is -2.00. The molecule has 0 aliphatic carbocycles. The van der Waals surface area contributed by atoms with Crippen LogP contribution in [0, 0.1) is 11.6 Å². The van der Waals surface area contributed by atoms with Crippen molar-refractivity contribution in [3.63, 3.8) is 0 Å². The molecule has 0 spiro atoms. The maximum atomic E-state index is 13.8. The quantitative estimate of drug-likeness (QED) is 0.708. The number of nitrogens with zero attached hydrogens (tertiary/aromatic N) is 2. The molecule has 148 valence electrons. The molecule has 0 fully saturated rings. The highest BCUT2D eigenvalue weighted by Gasteiger charge is 2.29. The summed E-state index contributed by atoms with van der Waals surface area (Å²) in [5.41, 5.74) is 0.648. The largest absolute Gasteiger partial charge is 0.497 e. The second-order valence-electron chi connectivity index (χ2n) is 6.48. The van der Waals surface area contributed by atoms with Gasteiger partial charge in [0, 0.05) is 18.8 Å². The molecule has 1 unspecified atom stereocenters. The normalized spacial score (nSPS) is 15.4. The summed E-state index contributed by atoms with van der Waals surface area (Å²) in [4.78, 5) is 28.9. The molecule has 7 nitrogen and oxygen atoms in total. The molecule has 2 amide bonds. The molecule has 1 aliphatic heterocycles. The van der Waals surface area contributed by atoms with Crippen LogP contribution in [-0.4, -0.2) is 28.5 Å². The van der Waals surface area contributed by atoms with Gasteiger partial charge in [0.25, 0.3) is 11.8 Å². The molecule has 4 rings (SSSR count). The topological polar surface area (TPSA) is 85.2 Å². The molecule has 0 bridgehead atoms. The minimum atomic E-state index is -0.903. The number of hydrogen-bond donors (Lipinski definition) is 2. The fourth-order valence-electron chi connectivity index (χ4n) is 3.11. The zero-order valence-electron chi connectivity index (χ0n) is 15.3. The van der Waals surface area contributed by atoms with Gasteiger partial charge in [0.1, 0.15) is 23.1 Å². The Morgan fingerprint density at radius 3 is 2.69 bits per heavy atom. The Labute approximate surface area is 164 Å². The number of benzene rings is 2. The number of methoxy groups -OCH3 is 1. The highest BCUT2D eigenvalue weighted by atomic mass is 19.1. The molecular weight excluding hydrogens is 382 g/mol. The van der Waals surface area contributed by atoms with Crippen molar-refractivity contribution in [3.05, 3.63) is 77.4 Å². The molecule has 1 aromatic heterocycles. The van der Waals surface area contributed by atoms with Gasteiger partial charge in [0.2, 0.25) is 0 Å². The number of halogens is 2. The van der Waals surface area contributed by atoms with Gasteiger partial charge in [-0.2, -0.15) is 0 Å². The van der Waals surface area contributed by atoms with Crippen LogP contribution in [0.3, 0.4) is 0 Å². The summed E-state index contributed by atoms with van der Waals surface area (Å²) in [6, 6.07) is 9.78. The summed E-state index contributed by atoms with van der Waals surface area (Å²) < 4.78 is 33.5. The van der Waals surface area contributed by atoms with Crippen LogP contribution in [0.1, 0.15) is 32.7 Å². The number of nitrogens with one attached hydrogen (secondary N) is 2. The van der Waals surface area contributed by atoms with Crippen LogP contribution in [0.5, 0.6) is 5.75 Å². The van der Waals surface area contributed by atoms with Gasteiger partial charge < -0.3 is 19.9 Å². The third kappa shape index (κ3) is 3.66. The van der Waals surface area contributed by atoms with Crippen LogP contribution >= 0.6 is 0 Å². The standard InChI is InChI=1S/C20H16F2N4O3/c1-29-13-5-2-11(3-6-13)16-9-26-10-17(23-18(26)20(28)25-16)19(27)24-15-7-4-12(21)8-14(15)22/h2-8,10,16H,9H2,1H3,(H,24,27)(H,25,28). The molecule has 1 aliphatic rings. The first-order valence-electron chi connectivity index (χ1n) is 8.73. The predicted octanol–water partition coefficient (Wildman–Crippen LogP) is 2.91. The van der Waals surface area contributed by atoms with Gasteiger partial charge in [-0.3, -0.25) is 9.59 Å². The maximum absolute atomic E-state index is 13.8. The predicted molar refractivity (Wildman–Crippen MR) is 99.7 cm³/mol. The third-order valence-corrected chi connectivity index (χ3v) is 4.59. The molecule has 3 aromatic rings. The number of fused-ring (bicyclic) bond motifs is 1. The fourth-order valence-corrected chi connectivity index (χ4v) is 3.11. The zero-order chi connectivity index (χ0) is 20.5. The Balaban J connectivity index is 1.54. The lowest BCUT2D eigenvalue weighted by Crippen LogP contribution is -2.38. The Morgan fingerprint density at radius 2 is 2.00 bits per heavy atom. The van der Waals surface area contributed by atoms with E-state index in [0.29, 0.717) is 18.4 Å². The number of amides is 2. The molecule has 2 aromatic carbocycles. The maximum Gasteiger partial charge on any atom is 0.287 e. The number of hydrogen-bond acceptors (Lipinski definition) is 4. The molecule has 1 atom stereocenters. The SMILES string of the molecule is COc1ccc(C2Cn3cc(C(=O)Nc4ccc(F)cc4F)nc3C(=O)N2)cc1. The molecule has 2 heterocycles. The Bertz CT molecular complexity index is 1100. The van der Waals surface area contributed by atoms with Gasteiger partial charge in [0.05, 0.1) is 18.8 Å². The minimum Gasteiger partial charge on any atom is -0.497 e. The van der Waals surface area contributed by atoms with E-state index >= 15 is 0 Å². The van der Waals surface area contributed by atoms with Gasteiger partial charge in [-0.1, -0.05) is 12.1 Å². The van der Waals surface area contributed by atoms with Crippen LogP contribution in [0.15, 0.2) is 48.7 Å². The Hall–Kier alpha value is -3.75. The molecule has 9 heteroatoms. The van der Waals surface area contributed by atoms with E-state index in [2.05, 4.69) is 15.6 Å². The molecule has 29 heavy (non-hydrogen) atoms. The van der Waals surface area contributed by atoms with Crippen LogP contribution in [-0.2, 0) is 6.54 Å². The summed E-state index contributed by atoms with van der Waals surface area (Å²) in [5, 5.41) is 5.18. The first kappa shape index (κ1) is 18.6. The zero-order valence-corrected chi connectivity index (χ0v) is 15.3. The first-order chi connectivity index (χ1) is 13.9. The average Bonchev–Trinajstić information content (AvgIpc) is 3.15. The van der Waals surface area contributed by atoms with Crippen molar-refractivity contribution in [2.24, 2.45) is 0 Å². The highest BCUT2D eigenvalue weighted by Crippen LogP contribution is 2.24. The first-order valence-corrected chi connectivity index (χ1v) is 8.73. The van der Waals surface area contributed by atoms with Crippen molar-refractivity contribution in [1.82, 2.24) is 14.9 Å². The van der Waals surface area contributed by atoms with E-state index in [0.717, 1.165) is 17.7 Å². The number of ether oxygens (including phenoxy) is 1. The highest BCUT2D eigenvalue weighted by molar-refractivity contribution is 6.04. The van der Waals surface area contributed by atoms with Gasteiger partial charge in [0.15, 0.2) is 5.82 Å².